The smallest absolute Gasteiger partial charge is 0.279 e. The first-order valence-electron chi connectivity index (χ1n) is 9.28. The molecule has 3 rings (SSSR count). The zero-order valence-electron chi connectivity index (χ0n) is 16.2. The van der Waals surface area contributed by atoms with Crippen molar-refractivity contribution in [1.82, 2.24) is 15.8 Å². The van der Waals surface area contributed by atoms with Crippen molar-refractivity contribution in [2.75, 3.05) is 6.54 Å². The van der Waals surface area contributed by atoms with Crippen LogP contribution in [-0.4, -0.2) is 41.2 Å². The van der Waals surface area contributed by atoms with Crippen LogP contribution in [0.1, 0.15) is 29.3 Å². The standard InChI is InChI=1S/C21H20FN3O5/c1-13(30-16-8-6-15(22)7-9-16)20(28)24-23-18(26)10-11-25-19(27)12-14-4-2-3-5-17(14)21(25)29/h2-9,13H,10-12H2,1H3,(H,23,26)(H,24,28)/t13-/m0/s1. The molecule has 2 aromatic rings. The maximum absolute atomic E-state index is 12.9. The molecule has 1 heterocycles. The minimum atomic E-state index is -0.947. The summed E-state index contributed by atoms with van der Waals surface area (Å²) in [7, 11) is 0. The quantitative estimate of drug-likeness (QED) is 0.550. The Balaban J connectivity index is 1.45. The minimum Gasteiger partial charge on any atom is -0.481 e. The van der Waals surface area contributed by atoms with E-state index in [1.807, 2.05) is 0 Å². The summed E-state index contributed by atoms with van der Waals surface area (Å²) in [5, 5.41) is 0. The molecule has 4 amide bonds. The van der Waals surface area contributed by atoms with Crippen molar-refractivity contribution in [3.63, 3.8) is 0 Å². The number of hydrogen-bond donors (Lipinski definition) is 2. The molecule has 8 nitrogen and oxygen atoms in total. The number of carbonyl (C=O) groups excluding carboxylic acids is 4. The number of hydrogen-bond acceptors (Lipinski definition) is 5. The number of rotatable bonds is 6. The van der Waals surface area contributed by atoms with E-state index in [9.17, 15) is 23.6 Å². The molecule has 0 bridgehead atoms. The van der Waals surface area contributed by atoms with Gasteiger partial charge < -0.3 is 4.74 Å². The molecular weight excluding hydrogens is 393 g/mol. The van der Waals surface area contributed by atoms with Gasteiger partial charge in [0.1, 0.15) is 11.6 Å². The summed E-state index contributed by atoms with van der Waals surface area (Å²) in [6, 6.07) is 12.0. The average molecular weight is 413 g/mol. The van der Waals surface area contributed by atoms with E-state index in [1.54, 1.807) is 24.3 Å². The van der Waals surface area contributed by atoms with E-state index in [2.05, 4.69) is 10.9 Å². The second-order valence-corrected chi connectivity index (χ2v) is 6.69. The van der Waals surface area contributed by atoms with Crippen molar-refractivity contribution >= 4 is 23.6 Å². The molecule has 0 saturated carbocycles. The van der Waals surface area contributed by atoms with E-state index in [0.717, 1.165) is 4.90 Å². The van der Waals surface area contributed by atoms with Crippen LogP contribution in [0.25, 0.3) is 0 Å². The van der Waals surface area contributed by atoms with Gasteiger partial charge in [-0.15, -0.1) is 0 Å². The lowest BCUT2D eigenvalue weighted by Gasteiger charge is -2.26. The van der Waals surface area contributed by atoms with Crippen LogP contribution >= 0.6 is 0 Å². The molecule has 1 aliphatic rings. The molecule has 0 saturated heterocycles. The molecular formula is C21H20FN3O5. The van der Waals surface area contributed by atoms with Gasteiger partial charge in [0, 0.05) is 18.5 Å². The first-order valence-corrected chi connectivity index (χ1v) is 9.28. The number of amides is 4. The lowest BCUT2D eigenvalue weighted by Crippen LogP contribution is -2.49. The first-order chi connectivity index (χ1) is 14.3. The van der Waals surface area contributed by atoms with Crippen LogP contribution in [0.15, 0.2) is 48.5 Å². The van der Waals surface area contributed by atoms with Crippen molar-refractivity contribution in [2.24, 2.45) is 0 Å². The normalized spacial score (nSPS) is 14.0. The van der Waals surface area contributed by atoms with Gasteiger partial charge in [-0.25, -0.2) is 4.39 Å². The van der Waals surface area contributed by atoms with E-state index in [1.165, 1.54) is 31.2 Å². The van der Waals surface area contributed by atoms with E-state index in [0.29, 0.717) is 16.9 Å². The highest BCUT2D eigenvalue weighted by molar-refractivity contribution is 6.09. The van der Waals surface area contributed by atoms with Gasteiger partial charge in [0.05, 0.1) is 6.42 Å². The van der Waals surface area contributed by atoms with E-state index in [-0.39, 0.29) is 25.3 Å². The third-order valence-corrected chi connectivity index (χ3v) is 4.52. The lowest BCUT2D eigenvalue weighted by atomic mass is 9.98. The number of ether oxygens (including phenoxy) is 1. The third kappa shape index (κ3) is 4.99. The maximum Gasteiger partial charge on any atom is 0.279 e. The monoisotopic (exact) mass is 413 g/mol. The van der Waals surface area contributed by atoms with Crippen molar-refractivity contribution in [2.45, 2.75) is 25.9 Å². The second-order valence-electron chi connectivity index (χ2n) is 6.69. The Morgan fingerprint density at radius 1 is 1.10 bits per heavy atom. The Hall–Kier alpha value is -3.75. The van der Waals surface area contributed by atoms with E-state index < -0.39 is 29.6 Å². The minimum absolute atomic E-state index is 0.0957. The molecule has 2 N–H and O–H groups in total. The summed E-state index contributed by atoms with van der Waals surface area (Å²) in [6.45, 7) is 1.36. The highest BCUT2D eigenvalue weighted by Gasteiger charge is 2.30. The topological polar surface area (TPSA) is 105 Å². The van der Waals surface area contributed by atoms with E-state index in [4.69, 9.17) is 4.74 Å². The summed E-state index contributed by atoms with van der Waals surface area (Å²) >= 11 is 0. The molecule has 1 atom stereocenters. The largest absolute Gasteiger partial charge is 0.481 e. The highest BCUT2D eigenvalue weighted by atomic mass is 19.1. The molecule has 1 aliphatic heterocycles. The van der Waals surface area contributed by atoms with Crippen molar-refractivity contribution in [3.05, 3.63) is 65.5 Å². The van der Waals surface area contributed by atoms with Crippen LogP contribution in [0.5, 0.6) is 5.75 Å². The fraction of sp³-hybridized carbons (Fsp3) is 0.238. The predicted octanol–water partition coefficient (Wildman–Crippen LogP) is 1.36. The van der Waals surface area contributed by atoms with Crippen LogP contribution < -0.4 is 15.6 Å². The van der Waals surface area contributed by atoms with Crippen LogP contribution in [-0.2, 0) is 20.8 Å². The van der Waals surface area contributed by atoms with E-state index >= 15 is 0 Å². The zero-order valence-corrected chi connectivity index (χ0v) is 16.2. The maximum atomic E-state index is 12.9. The van der Waals surface area contributed by atoms with Gasteiger partial charge in [-0.05, 0) is 42.8 Å². The number of hydrazine groups is 1. The summed E-state index contributed by atoms with van der Waals surface area (Å²) in [4.78, 5) is 49.7. The van der Waals surface area contributed by atoms with Gasteiger partial charge >= 0.3 is 0 Å². The number of nitrogens with zero attached hydrogens (tertiary/aromatic N) is 1. The number of nitrogens with one attached hydrogen (secondary N) is 2. The number of fused-ring (bicyclic) bond motifs is 1. The predicted molar refractivity (Wildman–Crippen MR) is 104 cm³/mol. The first kappa shape index (κ1) is 21.0. The van der Waals surface area contributed by atoms with Gasteiger partial charge in [0.2, 0.25) is 11.8 Å². The number of benzene rings is 2. The molecule has 0 unspecified atom stereocenters. The van der Waals surface area contributed by atoms with Crippen LogP contribution in [0, 0.1) is 5.82 Å². The Bertz CT molecular complexity index is 977. The summed E-state index contributed by atoms with van der Waals surface area (Å²) in [5.41, 5.74) is 5.54. The van der Waals surface area contributed by atoms with Crippen molar-refractivity contribution in [1.29, 1.82) is 0 Å². The molecule has 156 valence electrons. The molecule has 9 heteroatoms. The molecule has 0 aromatic heterocycles. The third-order valence-electron chi connectivity index (χ3n) is 4.52. The molecule has 0 radical (unpaired) electrons. The average Bonchev–Trinajstić information content (AvgIpc) is 2.73. The summed E-state index contributed by atoms with van der Waals surface area (Å²) in [6.07, 6.45) is -1.02. The van der Waals surface area contributed by atoms with Gasteiger partial charge in [-0.2, -0.15) is 0 Å². The molecule has 30 heavy (non-hydrogen) atoms. The second kappa shape index (κ2) is 9.17. The SMILES string of the molecule is C[C@H](Oc1ccc(F)cc1)C(=O)NNC(=O)CCN1C(=O)Cc2ccccc2C1=O. The summed E-state index contributed by atoms with van der Waals surface area (Å²) in [5.74, 6) is -2.14. The van der Waals surface area contributed by atoms with Gasteiger partial charge in [-0.1, -0.05) is 18.2 Å². The lowest BCUT2D eigenvalue weighted by molar-refractivity contribution is -0.133. The van der Waals surface area contributed by atoms with Crippen molar-refractivity contribution < 1.29 is 28.3 Å². The fourth-order valence-electron chi connectivity index (χ4n) is 2.91. The number of carbonyl (C=O) groups is 4. The highest BCUT2D eigenvalue weighted by Crippen LogP contribution is 2.19. The van der Waals surface area contributed by atoms with Crippen LogP contribution in [0.4, 0.5) is 4.39 Å². The molecule has 0 spiro atoms. The zero-order chi connectivity index (χ0) is 21.7. The Kier molecular flexibility index (Phi) is 6.41. The number of halogens is 1. The fourth-order valence-corrected chi connectivity index (χ4v) is 2.91. The molecule has 2 aromatic carbocycles. The molecule has 0 aliphatic carbocycles. The number of imide groups is 1. The van der Waals surface area contributed by atoms with Gasteiger partial charge in [-0.3, -0.25) is 34.9 Å². The Labute approximate surface area is 172 Å². The van der Waals surface area contributed by atoms with Gasteiger partial charge in [0.15, 0.2) is 6.10 Å². The molecule has 0 fully saturated rings. The van der Waals surface area contributed by atoms with Crippen LogP contribution in [0.3, 0.4) is 0 Å². The summed E-state index contributed by atoms with van der Waals surface area (Å²) < 4.78 is 18.2. The van der Waals surface area contributed by atoms with Crippen molar-refractivity contribution in [3.8, 4) is 5.75 Å². The Morgan fingerprint density at radius 3 is 2.53 bits per heavy atom. The Morgan fingerprint density at radius 2 is 1.80 bits per heavy atom. The van der Waals surface area contributed by atoms with Gasteiger partial charge in [0.25, 0.3) is 11.8 Å². The van der Waals surface area contributed by atoms with Crippen LogP contribution in [0.2, 0.25) is 0 Å².